The summed E-state index contributed by atoms with van der Waals surface area (Å²) in [6.07, 6.45) is 0. The van der Waals surface area contributed by atoms with Gasteiger partial charge in [0.25, 0.3) is 5.91 Å². The minimum Gasteiger partial charge on any atom is -0.497 e. The smallest absolute Gasteiger partial charge is 0.255 e. The van der Waals surface area contributed by atoms with Gasteiger partial charge in [-0.15, -0.1) is 0 Å². The Morgan fingerprint density at radius 2 is 1.97 bits per heavy atom. The molecule has 3 aromatic rings. The maximum atomic E-state index is 13.3. The number of hydrogen-bond donors (Lipinski definition) is 1. The van der Waals surface area contributed by atoms with Crippen LogP contribution in [0.3, 0.4) is 0 Å². The number of ether oxygens (including phenoxy) is 2. The van der Waals surface area contributed by atoms with Crippen LogP contribution in [0.25, 0.3) is 22.4 Å². The zero-order valence-electron chi connectivity index (χ0n) is 18.6. The Hall–Kier alpha value is -3.39. The normalized spacial score (nSPS) is 10.9. The number of fused-ring (bicyclic) bond motifs is 1. The van der Waals surface area contributed by atoms with Gasteiger partial charge in [-0.2, -0.15) is 0 Å². The second-order valence-electron chi connectivity index (χ2n) is 7.20. The van der Waals surface area contributed by atoms with Gasteiger partial charge < -0.3 is 24.3 Å². The van der Waals surface area contributed by atoms with Gasteiger partial charge in [0.1, 0.15) is 11.6 Å². The molecule has 0 aliphatic rings. The summed E-state index contributed by atoms with van der Waals surface area (Å²) in [4.78, 5) is 31.4. The SMILES string of the molecule is CCn1c(-c2cccc(OC)c2)nc2cc(NC(C)=O)cc(C(=O)N(C)CCOC)c21. The third-order valence-corrected chi connectivity index (χ3v) is 5.01. The number of aromatic nitrogens is 2. The largest absolute Gasteiger partial charge is 0.497 e. The van der Waals surface area contributed by atoms with Crippen LogP contribution in [0.2, 0.25) is 0 Å². The molecule has 8 nitrogen and oxygen atoms in total. The molecule has 2 aromatic carbocycles. The van der Waals surface area contributed by atoms with Gasteiger partial charge >= 0.3 is 0 Å². The summed E-state index contributed by atoms with van der Waals surface area (Å²) in [5.41, 5.74) is 3.24. The summed E-state index contributed by atoms with van der Waals surface area (Å²) in [7, 11) is 4.95. The van der Waals surface area contributed by atoms with Crippen molar-refractivity contribution in [2.75, 3.05) is 39.7 Å². The number of anilines is 1. The van der Waals surface area contributed by atoms with Crippen LogP contribution in [0.4, 0.5) is 5.69 Å². The molecule has 0 aliphatic heterocycles. The molecule has 1 aromatic heterocycles. The Bertz CT molecular complexity index is 1110. The fourth-order valence-corrected chi connectivity index (χ4v) is 3.53. The lowest BCUT2D eigenvalue weighted by Crippen LogP contribution is -2.30. The van der Waals surface area contributed by atoms with Crippen LogP contribution < -0.4 is 10.1 Å². The Labute approximate surface area is 181 Å². The third-order valence-electron chi connectivity index (χ3n) is 5.01. The van der Waals surface area contributed by atoms with Crippen molar-refractivity contribution in [2.45, 2.75) is 20.4 Å². The molecule has 2 amide bonds. The lowest BCUT2D eigenvalue weighted by atomic mass is 10.1. The van der Waals surface area contributed by atoms with Crippen molar-refractivity contribution in [3.63, 3.8) is 0 Å². The average Bonchev–Trinajstić information content (AvgIpc) is 3.14. The summed E-state index contributed by atoms with van der Waals surface area (Å²) >= 11 is 0. The van der Waals surface area contributed by atoms with Gasteiger partial charge in [0, 0.05) is 45.4 Å². The van der Waals surface area contributed by atoms with Crippen LogP contribution in [0.5, 0.6) is 5.75 Å². The van der Waals surface area contributed by atoms with Gasteiger partial charge in [-0.05, 0) is 31.2 Å². The van der Waals surface area contributed by atoms with E-state index >= 15 is 0 Å². The van der Waals surface area contributed by atoms with Crippen LogP contribution in [-0.2, 0) is 16.1 Å². The maximum absolute atomic E-state index is 13.3. The number of nitrogens with zero attached hydrogens (tertiary/aromatic N) is 3. The molecular formula is C23H28N4O4. The predicted octanol–water partition coefficient (Wildman–Crippen LogP) is 3.41. The minimum atomic E-state index is -0.214. The van der Waals surface area contributed by atoms with E-state index < -0.39 is 0 Å². The molecule has 0 radical (unpaired) electrons. The van der Waals surface area contributed by atoms with Gasteiger partial charge in [0.15, 0.2) is 0 Å². The van der Waals surface area contributed by atoms with E-state index in [1.807, 2.05) is 35.8 Å². The summed E-state index contributed by atoms with van der Waals surface area (Å²) in [6, 6.07) is 11.1. The third kappa shape index (κ3) is 4.69. The number of rotatable bonds is 8. The molecule has 0 spiro atoms. The summed E-state index contributed by atoms with van der Waals surface area (Å²) in [5.74, 6) is 1.07. The maximum Gasteiger partial charge on any atom is 0.255 e. The van der Waals surface area contributed by atoms with Crippen molar-refractivity contribution < 1.29 is 19.1 Å². The zero-order valence-corrected chi connectivity index (χ0v) is 18.6. The Kier molecular flexibility index (Phi) is 6.91. The number of imidazole rings is 1. The number of carbonyl (C=O) groups is 2. The van der Waals surface area contributed by atoms with Crippen LogP contribution in [0.15, 0.2) is 36.4 Å². The fourth-order valence-electron chi connectivity index (χ4n) is 3.53. The number of aryl methyl sites for hydroxylation is 1. The summed E-state index contributed by atoms with van der Waals surface area (Å²) in [6.45, 7) is 4.94. The molecule has 1 N–H and O–H groups in total. The first-order chi connectivity index (χ1) is 14.9. The average molecular weight is 425 g/mol. The lowest BCUT2D eigenvalue weighted by Gasteiger charge is -2.19. The first kappa shape index (κ1) is 22.3. The molecule has 0 fully saturated rings. The highest BCUT2D eigenvalue weighted by Gasteiger charge is 2.22. The highest BCUT2D eigenvalue weighted by Crippen LogP contribution is 2.32. The number of likely N-dealkylation sites (N-methyl/N-ethyl adjacent to an activating group) is 1. The van der Waals surface area contributed by atoms with Crippen LogP contribution >= 0.6 is 0 Å². The number of benzene rings is 2. The van der Waals surface area contributed by atoms with Gasteiger partial charge in [-0.1, -0.05) is 12.1 Å². The first-order valence-electron chi connectivity index (χ1n) is 10.1. The van der Waals surface area contributed by atoms with E-state index in [2.05, 4.69) is 5.32 Å². The monoisotopic (exact) mass is 424 g/mol. The highest BCUT2D eigenvalue weighted by atomic mass is 16.5. The highest BCUT2D eigenvalue weighted by molar-refractivity contribution is 6.08. The molecule has 3 rings (SSSR count). The Morgan fingerprint density at radius 1 is 1.19 bits per heavy atom. The summed E-state index contributed by atoms with van der Waals surface area (Å²) in [5, 5.41) is 2.78. The standard InChI is InChI=1S/C23H28N4O4/c1-6-27-21-19(23(29)26(3)10-11-30-4)13-17(24-15(2)28)14-20(21)25-22(27)16-8-7-9-18(12-16)31-5/h7-9,12-14H,6,10-11H2,1-5H3,(H,24,28). The molecule has 0 bridgehead atoms. The minimum absolute atomic E-state index is 0.166. The van der Waals surface area contributed by atoms with Gasteiger partial charge in [0.05, 0.1) is 30.3 Å². The van der Waals surface area contributed by atoms with Crippen molar-refractivity contribution in [1.29, 1.82) is 0 Å². The van der Waals surface area contributed by atoms with E-state index in [0.29, 0.717) is 36.5 Å². The number of nitrogens with one attached hydrogen (secondary N) is 1. The fraction of sp³-hybridized carbons (Fsp3) is 0.348. The van der Waals surface area contributed by atoms with E-state index in [-0.39, 0.29) is 11.8 Å². The van der Waals surface area contributed by atoms with Gasteiger partial charge in [-0.3, -0.25) is 9.59 Å². The molecule has 1 heterocycles. The van der Waals surface area contributed by atoms with Crippen molar-refractivity contribution in [2.24, 2.45) is 0 Å². The van der Waals surface area contributed by atoms with Crippen molar-refractivity contribution in [1.82, 2.24) is 14.5 Å². The predicted molar refractivity (Wildman–Crippen MR) is 121 cm³/mol. The van der Waals surface area contributed by atoms with E-state index in [4.69, 9.17) is 14.5 Å². The second kappa shape index (κ2) is 9.61. The zero-order chi connectivity index (χ0) is 22.5. The van der Waals surface area contributed by atoms with Crippen LogP contribution in [-0.4, -0.2) is 60.7 Å². The quantitative estimate of drug-likeness (QED) is 0.599. The molecular weight excluding hydrogens is 396 g/mol. The molecule has 31 heavy (non-hydrogen) atoms. The van der Waals surface area contributed by atoms with Crippen molar-refractivity contribution in [3.05, 3.63) is 42.0 Å². The summed E-state index contributed by atoms with van der Waals surface area (Å²) < 4.78 is 12.5. The Morgan fingerprint density at radius 3 is 2.61 bits per heavy atom. The molecule has 8 heteroatoms. The van der Waals surface area contributed by atoms with E-state index in [9.17, 15) is 9.59 Å². The van der Waals surface area contributed by atoms with E-state index in [1.165, 1.54) is 6.92 Å². The molecule has 0 unspecified atom stereocenters. The van der Waals surface area contributed by atoms with Gasteiger partial charge in [0.2, 0.25) is 5.91 Å². The van der Waals surface area contributed by atoms with Gasteiger partial charge in [-0.25, -0.2) is 4.98 Å². The first-order valence-corrected chi connectivity index (χ1v) is 10.1. The topological polar surface area (TPSA) is 85.7 Å². The van der Waals surface area contributed by atoms with Crippen LogP contribution in [0.1, 0.15) is 24.2 Å². The number of amides is 2. The van der Waals surface area contributed by atoms with Crippen LogP contribution in [0, 0.1) is 0 Å². The molecule has 0 atom stereocenters. The molecule has 0 aliphatic carbocycles. The van der Waals surface area contributed by atoms with Crippen molar-refractivity contribution in [3.8, 4) is 17.1 Å². The molecule has 0 saturated carbocycles. The second-order valence-corrected chi connectivity index (χ2v) is 7.20. The number of hydrogen-bond acceptors (Lipinski definition) is 5. The van der Waals surface area contributed by atoms with E-state index in [1.54, 1.807) is 38.3 Å². The number of methoxy groups -OCH3 is 2. The van der Waals surface area contributed by atoms with E-state index in [0.717, 1.165) is 22.7 Å². The molecule has 164 valence electrons. The number of carbonyl (C=O) groups excluding carboxylic acids is 2. The molecule has 0 saturated heterocycles. The van der Waals surface area contributed by atoms with Crippen molar-refractivity contribution >= 4 is 28.5 Å². The Balaban J connectivity index is 2.23. The lowest BCUT2D eigenvalue weighted by molar-refractivity contribution is -0.114.